The fourth-order valence-electron chi connectivity index (χ4n) is 4.13. The van der Waals surface area contributed by atoms with Gasteiger partial charge in [-0.1, -0.05) is 37.3 Å². The van der Waals surface area contributed by atoms with E-state index < -0.39 is 11.4 Å². The zero-order valence-electron chi connectivity index (χ0n) is 16.4. The molecule has 150 valence electrons. The molecule has 3 aromatic rings. The molecule has 2 heterocycles. The van der Waals surface area contributed by atoms with Crippen LogP contribution in [0.25, 0.3) is 16.5 Å². The highest BCUT2D eigenvalue weighted by molar-refractivity contribution is 6.01. The van der Waals surface area contributed by atoms with Crippen molar-refractivity contribution < 1.29 is 9.50 Å². The molecule has 4 rings (SSSR count). The Morgan fingerprint density at radius 1 is 1.17 bits per heavy atom. The fraction of sp³-hybridized carbons (Fsp3) is 0.304. The van der Waals surface area contributed by atoms with Crippen molar-refractivity contribution in [3.8, 4) is 11.6 Å². The van der Waals surface area contributed by atoms with E-state index in [1.165, 1.54) is 18.6 Å². The molecule has 29 heavy (non-hydrogen) atoms. The molecule has 0 spiro atoms. The first-order chi connectivity index (χ1) is 14.1. The van der Waals surface area contributed by atoms with Crippen molar-refractivity contribution in [2.45, 2.75) is 25.8 Å². The number of aliphatic imine (C=N–C) groups is 1. The molecule has 1 saturated heterocycles. The molecule has 0 radical (unpaired) electrons. The Kier molecular flexibility index (Phi) is 5.45. The van der Waals surface area contributed by atoms with Gasteiger partial charge < -0.3 is 5.11 Å². The van der Waals surface area contributed by atoms with Crippen LogP contribution in [0.3, 0.4) is 0 Å². The highest BCUT2D eigenvalue weighted by Crippen LogP contribution is 2.27. The molecule has 1 fully saturated rings. The third-order valence-electron chi connectivity index (χ3n) is 5.64. The number of para-hydroxylation sites is 1. The highest BCUT2D eigenvalue weighted by Gasteiger charge is 2.22. The Hall–Kier alpha value is -2.99. The van der Waals surface area contributed by atoms with E-state index in [-0.39, 0.29) is 11.6 Å². The summed E-state index contributed by atoms with van der Waals surface area (Å²) in [7, 11) is 0. The first-order valence-electron chi connectivity index (χ1n) is 9.97. The van der Waals surface area contributed by atoms with Crippen molar-refractivity contribution in [1.29, 1.82) is 0 Å². The number of aromatic hydroxyl groups is 1. The standard InChI is InChI=1S/C23H24FN3O2/c1-2-26-13-7-8-16(26)14-25-15-19-17-9-3-4-10-18(17)22(28)27(23(19)29)21-12-6-5-11-20(21)24/h3-6,9-12,15-16,29H,2,7-8,13-14H2,1H3/t16-/m1/s1. The second-order valence-corrected chi connectivity index (χ2v) is 7.29. The number of nitrogens with zero attached hydrogens (tertiary/aromatic N) is 3. The largest absolute Gasteiger partial charge is 0.494 e. The molecule has 2 aromatic carbocycles. The Balaban J connectivity index is 1.82. The summed E-state index contributed by atoms with van der Waals surface area (Å²) in [5, 5.41) is 11.9. The van der Waals surface area contributed by atoms with Crippen LogP contribution in [0.5, 0.6) is 5.88 Å². The summed E-state index contributed by atoms with van der Waals surface area (Å²) in [6.45, 7) is 4.85. The summed E-state index contributed by atoms with van der Waals surface area (Å²) < 4.78 is 15.4. The number of likely N-dealkylation sites (N-methyl/N-ethyl adjacent to an activating group) is 1. The summed E-state index contributed by atoms with van der Waals surface area (Å²) >= 11 is 0. The number of pyridine rings is 1. The van der Waals surface area contributed by atoms with Crippen LogP contribution >= 0.6 is 0 Å². The monoisotopic (exact) mass is 393 g/mol. The molecule has 0 unspecified atom stereocenters. The lowest BCUT2D eigenvalue weighted by atomic mass is 10.1. The van der Waals surface area contributed by atoms with Crippen molar-refractivity contribution in [3.63, 3.8) is 0 Å². The van der Waals surface area contributed by atoms with Crippen molar-refractivity contribution in [3.05, 3.63) is 70.3 Å². The maximum atomic E-state index is 14.4. The van der Waals surface area contributed by atoms with Gasteiger partial charge in [-0.3, -0.25) is 14.7 Å². The predicted octanol–water partition coefficient (Wildman–Crippen LogP) is 3.74. The minimum absolute atomic E-state index is 0.0170. The van der Waals surface area contributed by atoms with Crippen LogP contribution in [0.4, 0.5) is 4.39 Å². The topological polar surface area (TPSA) is 57.8 Å². The van der Waals surface area contributed by atoms with Gasteiger partial charge in [-0.15, -0.1) is 0 Å². The molecular formula is C23H24FN3O2. The van der Waals surface area contributed by atoms with Crippen molar-refractivity contribution >= 4 is 17.0 Å². The van der Waals surface area contributed by atoms with Gasteiger partial charge in [0.15, 0.2) is 0 Å². The van der Waals surface area contributed by atoms with Crippen molar-refractivity contribution in [1.82, 2.24) is 9.47 Å². The van der Waals surface area contributed by atoms with Crippen LogP contribution in [0.1, 0.15) is 25.3 Å². The van der Waals surface area contributed by atoms with Crippen LogP contribution in [0.2, 0.25) is 0 Å². The summed E-state index contributed by atoms with van der Waals surface area (Å²) in [5.74, 6) is -0.881. The number of likely N-dealkylation sites (tertiary alicyclic amines) is 1. The molecular weight excluding hydrogens is 369 g/mol. The van der Waals surface area contributed by atoms with Crippen LogP contribution < -0.4 is 5.56 Å². The zero-order chi connectivity index (χ0) is 20.4. The number of aromatic nitrogens is 1. The maximum absolute atomic E-state index is 14.4. The smallest absolute Gasteiger partial charge is 0.265 e. The molecule has 1 aliphatic rings. The van der Waals surface area contributed by atoms with Gasteiger partial charge in [0.25, 0.3) is 5.56 Å². The van der Waals surface area contributed by atoms with E-state index in [9.17, 15) is 14.3 Å². The van der Waals surface area contributed by atoms with E-state index in [2.05, 4.69) is 16.8 Å². The number of rotatable bonds is 5. The van der Waals surface area contributed by atoms with Crippen LogP contribution in [-0.2, 0) is 0 Å². The zero-order valence-corrected chi connectivity index (χ0v) is 16.4. The summed E-state index contributed by atoms with van der Waals surface area (Å²) in [4.78, 5) is 20.0. The first kappa shape index (κ1) is 19.3. The molecule has 6 heteroatoms. The number of halogens is 1. The normalized spacial score (nSPS) is 17.5. The Morgan fingerprint density at radius 2 is 1.90 bits per heavy atom. The third-order valence-corrected chi connectivity index (χ3v) is 5.64. The van der Waals surface area contributed by atoms with Gasteiger partial charge in [0.05, 0.1) is 17.8 Å². The summed E-state index contributed by atoms with van der Waals surface area (Å²) in [5.41, 5.74) is -0.0267. The van der Waals surface area contributed by atoms with Crippen LogP contribution in [0, 0.1) is 5.82 Å². The van der Waals surface area contributed by atoms with E-state index in [1.807, 2.05) is 6.07 Å². The van der Waals surface area contributed by atoms with Crippen LogP contribution in [-0.4, -0.2) is 46.5 Å². The lowest BCUT2D eigenvalue weighted by Crippen LogP contribution is -2.31. The van der Waals surface area contributed by atoms with Crippen LogP contribution in [0.15, 0.2) is 58.3 Å². The van der Waals surface area contributed by atoms with Gasteiger partial charge in [0.2, 0.25) is 5.88 Å². The number of benzene rings is 2. The second kappa shape index (κ2) is 8.17. The van der Waals surface area contributed by atoms with Crippen molar-refractivity contribution in [2.75, 3.05) is 19.6 Å². The van der Waals surface area contributed by atoms with E-state index in [0.717, 1.165) is 24.1 Å². The number of hydrogen-bond acceptors (Lipinski definition) is 4. The molecule has 0 bridgehead atoms. The minimum atomic E-state index is -0.576. The van der Waals surface area contributed by atoms with Gasteiger partial charge in [0, 0.05) is 23.0 Å². The SMILES string of the molecule is CCN1CCC[C@@H]1CN=Cc1c(O)n(-c2ccccc2F)c(=O)c2ccccc12. The predicted molar refractivity (Wildman–Crippen MR) is 114 cm³/mol. The van der Waals surface area contributed by atoms with E-state index in [0.29, 0.717) is 28.9 Å². The van der Waals surface area contributed by atoms with E-state index in [1.54, 1.807) is 36.5 Å². The Labute approximate surface area is 168 Å². The molecule has 1 atom stereocenters. The van der Waals surface area contributed by atoms with Gasteiger partial charge in [0.1, 0.15) is 5.82 Å². The summed E-state index contributed by atoms with van der Waals surface area (Å²) in [6, 6.07) is 13.3. The quantitative estimate of drug-likeness (QED) is 0.672. The average Bonchev–Trinajstić information content (AvgIpc) is 3.19. The first-order valence-corrected chi connectivity index (χ1v) is 9.97. The second-order valence-electron chi connectivity index (χ2n) is 7.29. The molecule has 1 aromatic heterocycles. The lowest BCUT2D eigenvalue weighted by Gasteiger charge is -2.20. The van der Waals surface area contributed by atoms with Gasteiger partial charge in [-0.25, -0.2) is 8.96 Å². The minimum Gasteiger partial charge on any atom is -0.494 e. The average molecular weight is 393 g/mol. The van der Waals surface area contributed by atoms with Gasteiger partial charge in [-0.05, 0) is 44.1 Å². The molecule has 5 nitrogen and oxygen atoms in total. The van der Waals surface area contributed by atoms with E-state index >= 15 is 0 Å². The third kappa shape index (κ3) is 3.56. The van der Waals surface area contributed by atoms with Crippen molar-refractivity contribution in [2.24, 2.45) is 4.99 Å². The molecule has 0 amide bonds. The maximum Gasteiger partial charge on any atom is 0.265 e. The molecule has 0 saturated carbocycles. The van der Waals surface area contributed by atoms with Gasteiger partial charge in [-0.2, -0.15) is 0 Å². The van der Waals surface area contributed by atoms with Gasteiger partial charge >= 0.3 is 0 Å². The molecule has 0 aliphatic carbocycles. The Morgan fingerprint density at radius 3 is 2.66 bits per heavy atom. The number of fused-ring (bicyclic) bond motifs is 1. The lowest BCUT2D eigenvalue weighted by molar-refractivity contribution is 0.273. The van der Waals surface area contributed by atoms with E-state index in [4.69, 9.17) is 0 Å². The molecule has 1 aliphatic heterocycles. The fourth-order valence-corrected chi connectivity index (χ4v) is 4.13. The summed E-state index contributed by atoms with van der Waals surface area (Å²) in [6.07, 6.45) is 3.88. The Bertz CT molecular complexity index is 1120. The molecule has 1 N–H and O–H groups in total. The number of hydrogen-bond donors (Lipinski definition) is 1. The highest BCUT2D eigenvalue weighted by atomic mass is 19.1.